The Bertz CT molecular complexity index is 2090. The highest BCUT2D eigenvalue weighted by Crippen LogP contribution is 2.37. The summed E-state index contributed by atoms with van der Waals surface area (Å²) >= 11 is 0. The molecule has 0 bridgehead atoms. The molecule has 2 aliphatic heterocycles. The number of aromatic nitrogens is 1. The van der Waals surface area contributed by atoms with E-state index >= 15 is 0 Å². The summed E-state index contributed by atoms with van der Waals surface area (Å²) in [6.45, 7) is 7.73. The zero-order chi connectivity index (χ0) is 28.9. The van der Waals surface area contributed by atoms with Gasteiger partial charge in [-0.05, 0) is 65.8 Å². The third-order valence-electron chi connectivity index (χ3n) is 11.2. The Morgan fingerprint density at radius 2 is 1.42 bits per heavy atom. The molecule has 0 saturated heterocycles. The maximum atomic E-state index is 2.61. The van der Waals surface area contributed by atoms with E-state index in [2.05, 4.69) is 140 Å². The highest BCUT2D eigenvalue weighted by Gasteiger charge is 2.50. The molecule has 9 rings (SSSR count). The van der Waals surface area contributed by atoms with E-state index < -0.39 is 8.07 Å². The Labute approximate surface area is 256 Å². The minimum atomic E-state index is -2.22. The lowest BCUT2D eigenvalue weighted by atomic mass is 9.31. The molecule has 1 unspecified atom stereocenters. The van der Waals surface area contributed by atoms with E-state index in [1.165, 1.54) is 68.8 Å². The third kappa shape index (κ3) is 3.29. The molecular formula is C40H36BNSi. The van der Waals surface area contributed by atoms with Crippen LogP contribution in [-0.4, -0.2) is 19.4 Å². The molecule has 3 heterocycles. The second kappa shape index (κ2) is 8.97. The van der Waals surface area contributed by atoms with Crippen LogP contribution >= 0.6 is 0 Å². The van der Waals surface area contributed by atoms with Crippen LogP contribution in [0.2, 0.25) is 6.55 Å². The van der Waals surface area contributed by atoms with Crippen LogP contribution in [0.25, 0.3) is 16.6 Å². The van der Waals surface area contributed by atoms with Gasteiger partial charge in [-0.2, -0.15) is 0 Å². The smallest absolute Gasteiger partial charge is 0.241 e. The van der Waals surface area contributed by atoms with E-state index in [4.69, 9.17) is 0 Å². The number of hydrogen-bond donors (Lipinski definition) is 0. The van der Waals surface area contributed by atoms with Crippen molar-refractivity contribution >= 4 is 57.6 Å². The number of hydrogen-bond acceptors (Lipinski definition) is 0. The fraction of sp³-hybridized carbons (Fsp3) is 0.200. The van der Waals surface area contributed by atoms with Gasteiger partial charge in [0.05, 0.1) is 5.52 Å². The maximum absolute atomic E-state index is 2.61. The predicted molar refractivity (Wildman–Crippen MR) is 187 cm³/mol. The minimum absolute atomic E-state index is 0.0772. The van der Waals surface area contributed by atoms with Crippen molar-refractivity contribution in [3.05, 3.63) is 138 Å². The predicted octanol–water partition coefficient (Wildman–Crippen LogP) is 5.08. The van der Waals surface area contributed by atoms with Crippen molar-refractivity contribution in [2.75, 3.05) is 0 Å². The van der Waals surface area contributed by atoms with E-state index in [1.54, 1.807) is 21.4 Å². The minimum Gasteiger partial charge on any atom is -0.313 e. The van der Waals surface area contributed by atoms with Crippen molar-refractivity contribution < 1.29 is 0 Å². The highest BCUT2D eigenvalue weighted by molar-refractivity contribution is 7.20. The first-order valence-corrected chi connectivity index (χ1v) is 18.5. The normalized spacial score (nSPS) is 19.4. The fourth-order valence-electron chi connectivity index (χ4n) is 9.20. The highest BCUT2D eigenvalue weighted by atomic mass is 28.3. The van der Waals surface area contributed by atoms with E-state index in [1.807, 2.05) is 0 Å². The molecule has 3 aliphatic rings. The standard InChI is InChI=1S/C40H36BNSi/c1-40(2)31-25-24-27(42-35-20-10-7-16-29(35)30-17-8-11-21-36(30)42)26-34(31)41-33-19-9-12-22-37(33)43(3,28-14-5-4-6-15-28)38-23-13-18-32(40)39(38)41/h4-7,9-10,12-16,18-20,22-26H,8,11,17,21H2,1-3H3. The maximum Gasteiger partial charge on any atom is 0.241 e. The van der Waals surface area contributed by atoms with Crippen molar-refractivity contribution in [2.24, 2.45) is 0 Å². The van der Waals surface area contributed by atoms with Gasteiger partial charge < -0.3 is 4.57 Å². The molecule has 0 amide bonds. The number of fused-ring (bicyclic) bond motifs is 7. The number of benzene rings is 5. The first-order chi connectivity index (χ1) is 21.0. The zero-order valence-corrected chi connectivity index (χ0v) is 26.3. The molecule has 1 aliphatic carbocycles. The molecule has 5 aromatic carbocycles. The van der Waals surface area contributed by atoms with Crippen LogP contribution in [-0.2, 0) is 18.3 Å². The van der Waals surface area contributed by atoms with E-state index in [9.17, 15) is 0 Å². The van der Waals surface area contributed by atoms with Crippen molar-refractivity contribution in [3.8, 4) is 5.69 Å². The lowest BCUT2D eigenvalue weighted by Gasteiger charge is -2.47. The third-order valence-corrected chi connectivity index (χ3v) is 15.8. The number of rotatable bonds is 2. The van der Waals surface area contributed by atoms with Gasteiger partial charge >= 0.3 is 0 Å². The first kappa shape index (κ1) is 25.4. The fourth-order valence-corrected chi connectivity index (χ4v) is 13.5. The van der Waals surface area contributed by atoms with E-state index in [0.717, 1.165) is 6.42 Å². The molecule has 0 fully saturated rings. The van der Waals surface area contributed by atoms with Gasteiger partial charge in [-0.25, -0.2) is 0 Å². The Morgan fingerprint density at radius 1 is 0.674 bits per heavy atom. The molecule has 1 aromatic heterocycles. The van der Waals surface area contributed by atoms with Crippen LogP contribution in [0.15, 0.2) is 115 Å². The second-order valence-electron chi connectivity index (χ2n) is 13.7. The van der Waals surface area contributed by atoms with Crippen LogP contribution in [0.5, 0.6) is 0 Å². The van der Waals surface area contributed by atoms with Crippen molar-refractivity contribution in [1.82, 2.24) is 4.57 Å². The second-order valence-corrected chi connectivity index (χ2v) is 17.6. The lowest BCUT2D eigenvalue weighted by molar-refractivity contribution is 0.645. The van der Waals surface area contributed by atoms with Crippen LogP contribution in [0.4, 0.5) is 0 Å². The molecule has 43 heavy (non-hydrogen) atoms. The summed E-state index contributed by atoms with van der Waals surface area (Å²) in [5.74, 6) is 0. The summed E-state index contributed by atoms with van der Waals surface area (Å²) in [5.41, 5.74) is 13.2. The summed E-state index contributed by atoms with van der Waals surface area (Å²) in [4.78, 5) is 0. The van der Waals surface area contributed by atoms with Gasteiger partial charge in [0, 0.05) is 22.2 Å². The monoisotopic (exact) mass is 569 g/mol. The molecule has 3 heteroatoms. The summed E-state index contributed by atoms with van der Waals surface area (Å²) in [7, 11) is -2.22. The van der Waals surface area contributed by atoms with Crippen molar-refractivity contribution in [2.45, 2.75) is 51.5 Å². The molecule has 0 radical (unpaired) electrons. The Kier molecular flexibility index (Phi) is 5.30. The quantitative estimate of drug-likeness (QED) is 0.257. The van der Waals surface area contributed by atoms with Crippen LogP contribution in [0.1, 0.15) is 49.1 Å². The van der Waals surface area contributed by atoms with Crippen LogP contribution < -0.4 is 31.9 Å². The first-order valence-electron chi connectivity index (χ1n) is 16.0. The Morgan fingerprint density at radius 3 is 2.30 bits per heavy atom. The molecule has 0 spiro atoms. The average molecular weight is 570 g/mol. The summed E-state index contributed by atoms with van der Waals surface area (Å²) < 4.78 is 2.61. The van der Waals surface area contributed by atoms with Crippen molar-refractivity contribution in [3.63, 3.8) is 0 Å². The van der Waals surface area contributed by atoms with Crippen molar-refractivity contribution in [1.29, 1.82) is 0 Å². The van der Waals surface area contributed by atoms with Gasteiger partial charge in [0.2, 0.25) is 6.71 Å². The summed E-state index contributed by atoms with van der Waals surface area (Å²) in [5, 5.41) is 6.09. The molecular weight excluding hydrogens is 533 g/mol. The number of nitrogens with zero attached hydrogens (tertiary/aromatic N) is 1. The zero-order valence-electron chi connectivity index (χ0n) is 25.3. The summed E-state index contributed by atoms with van der Waals surface area (Å²) in [6, 6.07) is 44.6. The molecule has 208 valence electrons. The number of aryl methyl sites for hydroxylation is 1. The molecule has 1 nitrogen and oxygen atoms in total. The SMILES string of the molecule is CC1(C)c2ccc(-n3c4c(c5ccccc53)CCCC4)cc2B2c3ccccc3[Si](C)(c3ccccc3)c3cccc1c32. The van der Waals surface area contributed by atoms with Crippen LogP contribution in [0.3, 0.4) is 0 Å². The lowest BCUT2D eigenvalue weighted by Crippen LogP contribution is -2.83. The van der Waals surface area contributed by atoms with E-state index in [0.29, 0.717) is 0 Å². The van der Waals surface area contributed by atoms with Gasteiger partial charge in [0.25, 0.3) is 0 Å². The van der Waals surface area contributed by atoms with Gasteiger partial charge in [0.15, 0.2) is 0 Å². The molecule has 0 saturated carbocycles. The summed E-state index contributed by atoms with van der Waals surface area (Å²) in [6.07, 6.45) is 4.92. The Hall–Kier alpha value is -4.08. The Balaban J connectivity index is 1.35. The van der Waals surface area contributed by atoms with Gasteiger partial charge in [-0.15, -0.1) is 0 Å². The molecule has 1 atom stereocenters. The van der Waals surface area contributed by atoms with Gasteiger partial charge in [0.1, 0.15) is 8.07 Å². The average Bonchev–Trinajstić information content (AvgIpc) is 3.39. The molecule has 0 N–H and O–H groups in total. The number of para-hydroxylation sites is 1. The topological polar surface area (TPSA) is 4.93 Å². The molecule has 6 aromatic rings. The largest absolute Gasteiger partial charge is 0.313 e. The van der Waals surface area contributed by atoms with E-state index in [-0.39, 0.29) is 12.1 Å². The van der Waals surface area contributed by atoms with Gasteiger partial charge in [-0.3, -0.25) is 0 Å². The van der Waals surface area contributed by atoms with Gasteiger partial charge in [-0.1, -0.05) is 144 Å². The van der Waals surface area contributed by atoms with Crippen LogP contribution in [0, 0.1) is 0 Å².